The molecule has 0 aromatic heterocycles. The van der Waals surface area contributed by atoms with Crippen LogP contribution in [0.5, 0.6) is 5.75 Å². The van der Waals surface area contributed by atoms with E-state index in [4.69, 9.17) is 9.47 Å². The molecule has 1 aliphatic carbocycles. The molecule has 0 saturated heterocycles. The van der Waals surface area contributed by atoms with E-state index in [1.54, 1.807) is 7.11 Å². The van der Waals surface area contributed by atoms with Crippen molar-refractivity contribution in [3.05, 3.63) is 65.2 Å². The molecule has 4 heteroatoms. The Morgan fingerprint density at radius 3 is 2.72 bits per heavy atom. The quantitative estimate of drug-likeness (QED) is 0.572. The number of hydrogen-bond donors (Lipinski definition) is 0. The van der Waals surface area contributed by atoms with Crippen LogP contribution in [0.1, 0.15) is 29.0 Å². The molecule has 0 spiro atoms. The standard InChI is InChI=1S/C21H25NO3/c1-22(14-25-15-23)13-18-9-8-17-12-19(24-2)10-11-20(17)21(18)16-6-4-3-5-7-16/h3-7,10-12,15,18,21H,8-9,13-14H2,1-2H3. The molecule has 25 heavy (non-hydrogen) atoms. The van der Waals surface area contributed by atoms with E-state index in [2.05, 4.69) is 53.4 Å². The van der Waals surface area contributed by atoms with Crippen LogP contribution in [-0.2, 0) is 16.0 Å². The number of carbonyl (C=O) groups is 1. The highest BCUT2D eigenvalue weighted by Crippen LogP contribution is 2.42. The van der Waals surface area contributed by atoms with Crippen molar-refractivity contribution in [2.75, 3.05) is 27.4 Å². The van der Waals surface area contributed by atoms with Gasteiger partial charge in [-0.1, -0.05) is 36.4 Å². The Labute approximate surface area is 149 Å². The minimum Gasteiger partial charge on any atom is -0.497 e. The molecular weight excluding hydrogens is 314 g/mol. The lowest BCUT2D eigenvalue weighted by Gasteiger charge is -2.36. The SMILES string of the molecule is COc1ccc2c(c1)CCC(CN(C)COC=O)C2c1ccccc1. The number of ether oxygens (including phenoxy) is 2. The molecule has 132 valence electrons. The van der Waals surface area contributed by atoms with Crippen LogP contribution in [-0.4, -0.2) is 38.8 Å². The third kappa shape index (κ3) is 4.02. The second kappa shape index (κ2) is 8.17. The van der Waals surface area contributed by atoms with Gasteiger partial charge < -0.3 is 9.47 Å². The Bertz CT molecular complexity index is 702. The lowest BCUT2D eigenvalue weighted by atomic mass is 9.71. The van der Waals surface area contributed by atoms with Crippen LogP contribution in [0.15, 0.2) is 48.5 Å². The van der Waals surface area contributed by atoms with Gasteiger partial charge in [0.2, 0.25) is 0 Å². The minimum atomic E-state index is 0.330. The van der Waals surface area contributed by atoms with Crippen molar-refractivity contribution in [2.24, 2.45) is 5.92 Å². The molecule has 0 fully saturated rings. The molecule has 0 aliphatic heterocycles. The average molecular weight is 339 g/mol. The summed E-state index contributed by atoms with van der Waals surface area (Å²) in [5.41, 5.74) is 4.09. The Morgan fingerprint density at radius 1 is 1.20 bits per heavy atom. The second-order valence-corrected chi connectivity index (χ2v) is 6.68. The summed E-state index contributed by atoms with van der Waals surface area (Å²) in [6.45, 7) is 1.73. The van der Waals surface area contributed by atoms with Crippen molar-refractivity contribution in [2.45, 2.75) is 18.8 Å². The molecule has 1 aliphatic rings. The molecular formula is C21H25NO3. The topological polar surface area (TPSA) is 38.8 Å². The van der Waals surface area contributed by atoms with E-state index in [-0.39, 0.29) is 0 Å². The number of fused-ring (bicyclic) bond motifs is 1. The van der Waals surface area contributed by atoms with Crippen LogP contribution in [0, 0.1) is 5.92 Å². The largest absolute Gasteiger partial charge is 0.497 e. The highest BCUT2D eigenvalue weighted by atomic mass is 16.5. The Balaban J connectivity index is 1.91. The van der Waals surface area contributed by atoms with E-state index >= 15 is 0 Å². The first-order chi connectivity index (χ1) is 12.2. The van der Waals surface area contributed by atoms with E-state index < -0.39 is 0 Å². The monoisotopic (exact) mass is 339 g/mol. The maximum Gasteiger partial charge on any atom is 0.294 e. The van der Waals surface area contributed by atoms with Crippen LogP contribution in [0.3, 0.4) is 0 Å². The van der Waals surface area contributed by atoms with Gasteiger partial charge in [-0.2, -0.15) is 0 Å². The predicted octanol–water partition coefficient (Wildman–Crippen LogP) is 3.45. The van der Waals surface area contributed by atoms with Crippen molar-refractivity contribution in [3.8, 4) is 5.75 Å². The van der Waals surface area contributed by atoms with Crippen molar-refractivity contribution >= 4 is 6.47 Å². The fourth-order valence-electron chi connectivity index (χ4n) is 3.91. The molecule has 0 radical (unpaired) electrons. The summed E-state index contributed by atoms with van der Waals surface area (Å²) in [4.78, 5) is 12.5. The van der Waals surface area contributed by atoms with Gasteiger partial charge in [-0.15, -0.1) is 0 Å². The van der Waals surface area contributed by atoms with Gasteiger partial charge >= 0.3 is 0 Å². The summed E-state index contributed by atoms with van der Waals surface area (Å²) >= 11 is 0. The first-order valence-electron chi connectivity index (χ1n) is 8.68. The van der Waals surface area contributed by atoms with Crippen LogP contribution in [0.2, 0.25) is 0 Å². The number of hydrogen-bond acceptors (Lipinski definition) is 4. The number of carbonyl (C=O) groups excluding carboxylic acids is 1. The Morgan fingerprint density at radius 2 is 2.00 bits per heavy atom. The number of nitrogens with zero attached hydrogens (tertiary/aromatic N) is 1. The van der Waals surface area contributed by atoms with Crippen molar-refractivity contribution in [1.82, 2.24) is 4.90 Å². The molecule has 2 unspecified atom stereocenters. The van der Waals surface area contributed by atoms with Crippen molar-refractivity contribution in [3.63, 3.8) is 0 Å². The summed E-state index contributed by atoms with van der Waals surface area (Å²) in [5.74, 6) is 1.73. The molecule has 0 saturated carbocycles. The fourth-order valence-corrected chi connectivity index (χ4v) is 3.91. The fraction of sp³-hybridized carbons (Fsp3) is 0.381. The lowest BCUT2D eigenvalue weighted by molar-refractivity contribution is -0.132. The molecule has 0 bridgehead atoms. The Hall–Kier alpha value is -2.33. The smallest absolute Gasteiger partial charge is 0.294 e. The van der Waals surface area contributed by atoms with Crippen LogP contribution in [0.25, 0.3) is 0 Å². The molecule has 4 nitrogen and oxygen atoms in total. The zero-order valence-electron chi connectivity index (χ0n) is 14.9. The third-order valence-corrected chi connectivity index (χ3v) is 5.01. The van der Waals surface area contributed by atoms with Gasteiger partial charge in [0, 0.05) is 12.5 Å². The third-order valence-electron chi connectivity index (χ3n) is 5.01. The number of benzene rings is 2. The summed E-state index contributed by atoms with van der Waals surface area (Å²) in [7, 11) is 3.71. The molecule has 0 amide bonds. The number of methoxy groups -OCH3 is 1. The van der Waals surface area contributed by atoms with Gasteiger partial charge in [0.1, 0.15) is 12.5 Å². The molecule has 2 atom stereocenters. The van der Waals surface area contributed by atoms with Crippen LogP contribution in [0.4, 0.5) is 0 Å². The van der Waals surface area contributed by atoms with E-state index in [0.29, 0.717) is 25.0 Å². The number of rotatable bonds is 7. The second-order valence-electron chi connectivity index (χ2n) is 6.68. The lowest BCUT2D eigenvalue weighted by Crippen LogP contribution is -2.34. The van der Waals surface area contributed by atoms with Gasteiger partial charge in [0.25, 0.3) is 6.47 Å². The van der Waals surface area contributed by atoms with Crippen LogP contribution >= 0.6 is 0 Å². The minimum absolute atomic E-state index is 0.330. The summed E-state index contributed by atoms with van der Waals surface area (Å²) in [5, 5.41) is 0. The van der Waals surface area contributed by atoms with E-state index in [1.165, 1.54) is 16.7 Å². The average Bonchev–Trinajstić information content (AvgIpc) is 2.66. The maximum atomic E-state index is 10.5. The maximum absolute atomic E-state index is 10.5. The highest BCUT2D eigenvalue weighted by Gasteiger charge is 2.31. The summed E-state index contributed by atoms with van der Waals surface area (Å²) < 4.78 is 10.3. The first kappa shape index (κ1) is 17.5. The zero-order chi connectivity index (χ0) is 17.6. The van der Waals surface area contributed by atoms with Gasteiger partial charge in [-0.05, 0) is 54.6 Å². The van der Waals surface area contributed by atoms with Gasteiger partial charge in [0.15, 0.2) is 0 Å². The normalized spacial score (nSPS) is 19.3. The van der Waals surface area contributed by atoms with E-state index in [9.17, 15) is 4.79 Å². The summed E-state index contributed by atoms with van der Waals surface area (Å²) in [6, 6.07) is 17.1. The molecule has 0 N–H and O–H groups in total. The zero-order valence-corrected chi connectivity index (χ0v) is 14.9. The summed E-state index contributed by atoms with van der Waals surface area (Å²) in [6.07, 6.45) is 2.15. The molecule has 2 aromatic carbocycles. The molecule has 3 rings (SSSR count). The van der Waals surface area contributed by atoms with Crippen LogP contribution < -0.4 is 4.74 Å². The highest BCUT2D eigenvalue weighted by molar-refractivity contribution is 5.44. The van der Waals surface area contributed by atoms with Crippen molar-refractivity contribution < 1.29 is 14.3 Å². The molecule has 0 heterocycles. The number of aryl methyl sites for hydroxylation is 1. The van der Waals surface area contributed by atoms with Gasteiger partial charge in [0.05, 0.1) is 7.11 Å². The van der Waals surface area contributed by atoms with E-state index in [0.717, 1.165) is 25.1 Å². The Kier molecular flexibility index (Phi) is 5.71. The van der Waals surface area contributed by atoms with Crippen molar-refractivity contribution in [1.29, 1.82) is 0 Å². The molecule has 2 aromatic rings. The predicted molar refractivity (Wildman–Crippen MR) is 97.7 cm³/mol. The van der Waals surface area contributed by atoms with E-state index in [1.807, 2.05) is 7.05 Å². The van der Waals surface area contributed by atoms with Gasteiger partial charge in [-0.3, -0.25) is 9.69 Å². The van der Waals surface area contributed by atoms with Gasteiger partial charge in [-0.25, -0.2) is 0 Å². The first-order valence-corrected chi connectivity index (χ1v) is 8.68.